The van der Waals surface area contributed by atoms with Crippen molar-refractivity contribution in [3.63, 3.8) is 0 Å². The van der Waals surface area contributed by atoms with Crippen molar-refractivity contribution in [3.8, 4) is 0 Å². The van der Waals surface area contributed by atoms with Crippen LogP contribution in [-0.4, -0.2) is 7.85 Å². The molecule has 0 aromatic rings. The van der Waals surface area contributed by atoms with E-state index in [1.807, 2.05) is 0 Å². The maximum atomic E-state index is 2.60. The highest BCUT2D eigenvalue weighted by molar-refractivity contribution is 6.11. The molecule has 188 valence electrons. The average Bonchev–Trinajstić information content (AvgIpc) is 2.79. The molecule has 4 atom stereocenters. The standard InChI is InChI=1S/C31H61B/c1-2-19-28-20-11-6-3-4-8-14-25-30-26-15-10-13-22-29(24-18-17-23-28)21-12-7-5-9-16-27-31(30)32/h28-31H,2-27,32H2,1H3. The Bertz CT molecular complexity index is 405. The molecule has 2 rings (SSSR count). The molecule has 0 aromatic carbocycles. The lowest BCUT2D eigenvalue weighted by Crippen LogP contribution is -2.10. The monoisotopic (exact) mass is 444 g/mol. The molecule has 2 saturated carbocycles. The van der Waals surface area contributed by atoms with Gasteiger partial charge in [-0.1, -0.05) is 180 Å². The van der Waals surface area contributed by atoms with E-state index in [1.54, 1.807) is 12.8 Å². The molecule has 0 N–H and O–H groups in total. The van der Waals surface area contributed by atoms with Gasteiger partial charge in [0.05, 0.1) is 0 Å². The van der Waals surface area contributed by atoms with Gasteiger partial charge in [0.1, 0.15) is 7.85 Å². The highest BCUT2D eigenvalue weighted by atomic mass is 14.2. The van der Waals surface area contributed by atoms with Crippen molar-refractivity contribution < 1.29 is 0 Å². The highest BCUT2D eigenvalue weighted by Gasteiger charge is 2.18. The fourth-order valence-corrected chi connectivity index (χ4v) is 7.08. The van der Waals surface area contributed by atoms with Gasteiger partial charge in [-0.3, -0.25) is 0 Å². The quantitative estimate of drug-likeness (QED) is 0.372. The van der Waals surface area contributed by atoms with Gasteiger partial charge in [-0.15, -0.1) is 0 Å². The molecule has 2 bridgehead atoms. The third-order valence-electron chi connectivity index (χ3n) is 9.37. The molecule has 0 aromatic heterocycles. The third-order valence-corrected chi connectivity index (χ3v) is 9.37. The van der Waals surface area contributed by atoms with E-state index in [1.165, 1.54) is 154 Å². The molecule has 2 fully saturated rings. The summed E-state index contributed by atoms with van der Waals surface area (Å²) in [6.45, 7) is 2.40. The Balaban J connectivity index is 1.93. The van der Waals surface area contributed by atoms with E-state index in [9.17, 15) is 0 Å². The zero-order valence-electron chi connectivity index (χ0n) is 22.7. The molecule has 32 heavy (non-hydrogen) atoms. The molecule has 0 saturated heterocycles. The van der Waals surface area contributed by atoms with Crippen molar-refractivity contribution >= 4 is 7.85 Å². The topological polar surface area (TPSA) is 0 Å². The molecule has 1 heteroatoms. The van der Waals surface area contributed by atoms with Crippen LogP contribution in [0.5, 0.6) is 0 Å². The summed E-state index contributed by atoms with van der Waals surface area (Å²) >= 11 is 0. The van der Waals surface area contributed by atoms with E-state index in [0.717, 1.165) is 23.6 Å². The highest BCUT2D eigenvalue weighted by Crippen LogP contribution is 2.33. The Kier molecular flexibility index (Phi) is 17.1. The van der Waals surface area contributed by atoms with Gasteiger partial charge < -0.3 is 0 Å². The summed E-state index contributed by atoms with van der Waals surface area (Å²) in [5.74, 6) is 4.08. The molecular weight excluding hydrogens is 383 g/mol. The number of fused-ring (bicyclic) bond motifs is 6. The molecule has 2 aliphatic carbocycles. The number of hydrogen-bond donors (Lipinski definition) is 0. The summed E-state index contributed by atoms with van der Waals surface area (Å²) in [6, 6.07) is 0. The molecule has 0 aliphatic heterocycles. The largest absolute Gasteiger partial charge is 0.105 e. The van der Waals surface area contributed by atoms with Crippen LogP contribution in [0.3, 0.4) is 0 Å². The summed E-state index contributed by atoms with van der Waals surface area (Å²) in [5, 5.41) is 0. The minimum Gasteiger partial charge on any atom is -0.0669 e. The lowest BCUT2D eigenvalue weighted by atomic mass is 9.69. The maximum absolute atomic E-state index is 2.60. The van der Waals surface area contributed by atoms with Crippen molar-refractivity contribution in [2.75, 3.05) is 0 Å². The first kappa shape index (κ1) is 28.3. The van der Waals surface area contributed by atoms with Gasteiger partial charge in [0.2, 0.25) is 0 Å². The lowest BCUT2D eigenvalue weighted by molar-refractivity contribution is 0.336. The molecule has 0 nitrogen and oxygen atoms in total. The zero-order valence-corrected chi connectivity index (χ0v) is 22.7. The van der Waals surface area contributed by atoms with Crippen LogP contribution in [-0.2, 0) is 0 Å². The van der Waals surface area contributed by atoms with Gasteiger partial charge in [-0.25, -0.2) is 0 Å². The summed E-state index contributed by atoms with van der Waals surface area (Å²) in [6.07, 6.45) is 39.3. The minimum absolute atomic E-state index is 0.973. The van der Waals surface area contributed by atoms with Crippen LogP contribution in [0.4, 0.5) is 0 Å². The van der Waals surface area contributed by atoms with Gasteiger partial charge in [-0.2, -0.15) is 0 Å². The Morgan fingerprint density at radius 3 is 1.41 bits per heavy atom. The molecular formula is C31H61B. The second-order valence-electron chi connectivity index (χ2n) is 12.2. The van der Waals surface area contributed by atoms with Crippen LogP contribution in [0.15, 0.2) is 0 Å². The second kappa shape index (κ2) is 19.4. The number of hydrogen-bond acceptors (Lipinski definition) is 0. The predicted molar refractivity (Wildman–Crippen MR) is 148 cm³/mol. The molecule has 0 radical (unpaired) electrons. The fraction of sp³-hybridized carbons (Fsp3) is 1.00. The van der Waals surface area contributed by atoms with Crippen molar-refractivity contribution in [1.29, 1.82) is 0 Å². The van der Waals surface area contributed by atoms with E-state index >= 15 is 0 Å². The molecule has 0 amide bonds. The van der Waals surface area contributed by atoms with E-state index in [-0.39, 0.29) is 0 Å². The van der Waals surface area contributed by atoms with Crippen LogP contribution in [0.1, 0.15) is 174 Å². The van der Waals surface area contributed by atoms with Crippen molar-refractivity contribution in [1.82, 2.24) is 0 Å². The smallest absolute Gasteiger partial charge is 0.0669 e. The van der Waals surface area contributed by atoms with Gasteiger partial charge in [-0.05, 0) is 17.8 Å². The van der Waals surface area contributed by atoms with Crippen LogP contribution in [0.25, 0.3) is 0 Å². The molecule has 0 heterocycles. The van der Waals surface area contributed by atoms with E-state index in [4.69, 9.17) is 0 Å². The molecule has 4 unspecified atom stereocenters. The predicted octanol–water partition coefficient (Wildman–Crippen LogP) is 10.4. The molecule has 2 aliphatic rings. The first-order valence-electron chi connectivity index (χ1n) is 15.8. The summed E-state index contributed by atoms with van der Waals surface area (Å²) in [4.78, 5) is 0. The fourth-order valence-electron chi connectivity index (χ4n) is 7.08. The van der Waals surface area contributed by atoms with Gasteiger partial charge in [0.15, 0.2) is 0 Å². The Morgan fingerprint density at radius 1 is 0.469 bits per heavy atom. The van der Waals surface area contributed by atoms with Crippen LogP contribution >= 0.6 is 0 Å². The first-order valence-corrected chi connectivity index (χ1v) is 15.8. The summed E-state index contributed by atoms with van der Waals surface area (Å²) in [5.41, 5.74) is 0. The summed E-state index contributed by atoms with van der Waals surface area (Å²) in [7, 11) is 2.60. The Labute approximate surface area is 205 Å². The Hall–Kier alpha value is 0.0649. The minimum atomic E-state index is 0.973. The first-order chi connectivity index (χ1) is 15.8. The van der Waals surface area contributed by atoms with Gasteiger partial charge in [0.25, 0.3) is 0 Å². The third kappa shape index (κ3) is 13.7. The average molecular weight is 445 g/mol. The van der Waals surface area contributed by atoms with E-state index in [2.05, 4.69) is 14.8 Å². The lowest BCUT2D eigenvalue weighted by Gasteiger charge is -2.24. The van der Waals surface area contributed by atoms with Crippen molar-refractivity contribution in [3.05, 3.63) is 0 Å². The van der Waals surface area contributed by atoms with Crippen molar-refractivity contribution in [2.45, 2.75) is 180 Å². The van der Waals surface area contributed by atoms with Crippen LogP contribution in [0.2, 0.25) is 5.82 Å². The zero-order chi connectivity index (χ0) is 22.7. The van der Waals surface area contributed by atoms with Crippen LogP contribution < -0.4 is 0 Å². The SMILES string of the molecule is BC1CCCCCCCC2CCCCCC1CCCCCCCCC(CCC)CCCC2. The normalized spacial score (nSPS) is 32.4. The Morgan fingerprint density at radius 2 is 0.844 bits per heavy atom. The van der Waals surface area contributed by atoms with Gasteiger partial charge in [0, 0.05) is 0 Å². The maximum Gasteiger partial charge on any atom is 0.105 e. The molecule has 0 spiro atoms. The van der Waals surface area contributed by atoms with Crippen molar-refractivity contribution in [2.24, 2.45) is 17.8 Å². The van der Waals surface area contributed by atoms with E-state index < -0.39 is 0 Å². The van der Waals surface area contributed by atoms with E-state index in [0.29, 0.717) is 0 Å². The second-order valence-corrected chi connectivity index (χ2v) is 12.2. The summed E-state index contributed by atoms with van der Waals surface area (Å²) < 4.78 is 0. The number of rotatable bonds is 2. The van der Waals surface area contributed by atoms with Crippen LogP contribution in [0, 0.1) is 17.8 Å². The van der Waals surface area contributed by atoms with Gasteiger partial charge >= 0.3 is 0 Å².